The minimum absolute atomic E-state index is 0.0305. The van der Waals surface area contributed by atoms with Gasteiger partial charge in [-0.05, 0) is 44.0 Å². The molecule has 2 heterocycles. The van der Waals surface area contributed by atoms with Crippen molar-refractivity contribution in [3.63, 3.8) is 0 Å². The van der Waals surface area contributed by atoms with Crippen LogP contribution in [0.1, 0.15) is 26.7 Å². The van der Waals surface area contributed by atoms with E-state index in [9.17, 15) is 14.4 Å². The van der Waals surface area contributed by atoms with E-state index in [0.717, 1.165) is 50.4 Å². The zero-order chi connectivity index (χ0) is 22.2. The summed E-state index contributed by atoms with van der Waals surface area (Å²) in [5.41, 5.74) is 1.85. The Morgan fingerprint density at radius 2 is 1.61 bits per heavy atom. The normalized spacial score (nSPS) is 17.9. The van der Waals surface area contributed by atoms with E-state index in [1.165, 1.54) is 6.92 Å². The van der Waals surface area contributed by atoms with E-state index in [0.29, 0.717) is 26.4 Å². The van der Waals surface area contributed by atoms with Gasteiger partial charge in [0, 0.05) is 63.5 Å². The van der Waals surface area contributed by atoms with Gasteiger partial charge in [0.1, 0.15) is 6.73 Å². The molecule has 31 heavy (non-hydrogen) atoms. The molecule has 1 aromatic rings. The minimum atomic E-state index is -0.288. The lowest BCUT2D eigenvalue weighted by Gasteiger charge is -2.35. The number of carbonyl (C=O) groups excluding carboxylic acids is 3. The van der Waals surface area contributed by atoms with Gasteiger partial charge in [-0.15, -0.1) is 0 Å². The molecule has 2 aliphatic heterocycles. The zero-order valence-corrected chi connectivity index (χ0v) is 18.3. The van der Waals surface area contributed by atoms with Crippen LogP contribution in [0.2, 0.25) is 0 Å². The fraction of sp³-hybridized carbons (Fsp3) is 0.591. The number of benzene rings is 1. The van der Waals surface area contributed by atoms with Crippen molar-refractivity contribution >= 4 is 29.3 Å². The number of likely N-dealkylation sites (tertiary alicyclic amines) is 1. The zero-order valence-electron chi connectivity index (χ0n) is 18.3. The third-order valence-corrected chi connectivity index (χ3v) is 5.71. The number of nitrogens with one attached hydrogen (secondary N) is 1. The molecule has 0 atom stereocenters. The SMILES string of the molecule is CCOC(=O)N1CCN(c2ccc(NC(=O)C3CCN(COC(C)=O)CC3)cc2)CC1. The summed E-state index contributed by atoms with van der Waals surface area (Å²) in [5.74, 6) is -0.295. The lowest BCUT2D eigenvalue weighted by Crippen LogP contribution is -2.49. The van der Waals surface area contributed by atoms with E-state index in [-0.39, 0.29) is 23.9 Å². The Labute approximate surface area is 183 Å². The van der Waals surface area contributed by atoms with E-state index in [1.54, 1.807) is 4.90 Å². The Morgan fingerprint density at radius 3 is 2.19 bits per heavy atom. The van der Waals surface area contributed by atoms with Crippen LogP contribution in [-0.2, 0) is 19.1 Å². The standard InChI is InChI=1S/C22H32N4O5/c1-3-30-22(29)26-14-12-25(13-15-26)20-6-4-19(5-7-20)23-21(28)18-8-10-24(11-9-18)16-31-17(2)27/h4-7,18H,3,8-16H2,1-2H3,(H,23,28). The molecule has 3 rings (SSSR count). The van der Waals surface area contributed by atoms with Crippen molar-refractivity contribution in [2.24, 2.45) is 5.92 Å². The number of ether oxygens (including phenoxy) is 2. The molecule has 0 unspecified atom stereocenters. The molecule has 1 aromatic carbocycles. The predicted molar refractivity (Wildman–Crippen MR) is 117 cm³/mol. The lowest BCUT2D eigenvalue weighted by molar-refractivity contribution is -0.146. The summed E-state index contributed by atoms with van der Waals surface area (Å²) >= 11 is 0. The van der Waals surface area contributed by atoms with Gasteiger partial charge in [-0.3, -0.25) is 14.5 Å². The molecule has 0 radical (unpaired) electrons. The summed E-state index contributed by atoms with van der Waals surface area (Å²) in [6, 6.07) is 7.83. The second kappa shape index (κ2) is 11.0. The van der Waals surface area contributed by atoms with Gasteiger partial charge in [-0.2, -0.15) is 0 Å². The van der Waals surface area contributed by atoms with E-state index >= 15 is 0 Å². The topological polar surface area (TPSA) is 91.4 Å². The first kappa shape index (κ1) is 22.9. The summed E-state index contributed by atoms with van der Waals surface area (Å²) in [6.07, 6.45) is 1.24. The molecule has 2 aliphatic rings. The maximum Gasteiger partial charge on any atom is 0.409 e. The van der Waals surface area contributed by atoms with Crippen LogP contribution in [0.5, 0.6) is 0 Å². The largest absolute Gasteiger partial charge is 0.450 e. The summed E-state index contributed by atoms with van der Waals surface area (Å²) in [6.45, 7) is 8.12. The molecule has 2 amide bonds. The number of nitrogens with zero attached hydrogens (tertiary/aromatic N) is 3. The Hall–Kier alpha value is -2.81. The highest BCUT2D eigenvalue weighted by Gasteiger charge is 2.26. The predicted octanol–water partition coefficient (Wildman–Crippen LogP) is 2.14. The van der Waals surface area contributed by atoms with Crippen LogP contribution in [0, 0.1) is 5.92 Å². The average molecular weight is 433 g/mol. The van der Waals surface area contributed by atoms with Gasteiger partial charge in [0.2, 0.25) is 5.91 Å². The number of piperazine rings is 1. The Kier molecular flexibility index (Phi) is 8.11. The van der Waals surface area contributed by atoms with Gasteiger partial charge in [-0.25, -0.2) is 4.79 Å². The van der Waals surface area contributed by atoms with Crippen LogP contribution in [0.3, 0.4) is 0 Å². The minimum Gasteiger partial charge on any atom is -0.450 e. The van der Waals surface area contributed by atoms with Crippen molar-refractivity contribution < 1.29 is 23.9 Å². The van der Waals surface area contributed by atoms with E-state index in [1.807, 2.05) is 36.1 Å². The number of anilines is 2. The summed E-state index contributed by atoms with van der Waals surface area (Å²) in [5, 5.41) is 3.01. The van der Waals surface area contributed by atoms with Gasteiger partial charge in [0.25, 0.3) is 0 Å². The number of hydrogen-bond acceptors (Lipinski definition) is 7. The lowest BCUT2D eigenvalue weighted by atomic mass is 9.96. The fourth-order valence-electron chi connectivity index (χ4n) is 3.87. The smallest absolute Gasteiger partial charge is 0.409 e. The third kappa shape index (κ3) is 6.58. The van der Waals surface area contributed by atoms with Crippen LogP contribution < -0.4 is 10.2 Å². The molecule has 9 heteroatoms. The van der Waals surface area contributed by atoms with Crippen LogP contribution in [0.25, 0.3) is 0 Å². The molecular formula is C22H32N4O5. The molecule has 0 aromatic heterocycles. The molecule has 0 saturated carbocycles. The number of carbonyl (C=O) groups is 3. The number of esters is 1. The van der Waals surface area contributed by atoms with Crippen molar-refractivity contribution in [1.29, 1.82) is 0 Å². The second-order valence-electron chi connectivity index (χ2n) is 7.87. The molecule has 0 spiro atoms. The highest BCUT2D eigenvalue weighted by Crippen LogP contribution is 2.22. The molecule has 2 fully saturated rings. The van der Waals surface area contributed by atoms with Gasteiger partial charge < -0.3 is 24.6 Å². The molecule has 170 valence electrons. The Morgan fingerprint density at radius 1 is 0.968 bits per heavy atom. The first-order valence-corrected chi connectivity index (χ1v) is 10.9. The average Bonchev–Trinajstić information content (AvgIpc) is 2.79. The summed E-state index contributed by atoms with van der Waals surface area (Å²) in [4.78, 5) is 41.3. The highest BCUT2D eigenvalue weighted by atomic mass is 16.6. The van der Waals surface area contributed by atoms with Crippen molar-refractivity contribution in [2.75, 3.05) is 62.8 Å². The van der Waals surface area contributed by atoms with Gasteiger partial charge in [0.15, 0.2) is 0 Å². The Bertz CT molecular complexity index is 754. The van der Waals surface area contributed by atoms with Crippen molar-refractivity contribution in [1.82, 2.24) is 9.80 Å². The highest BCUT2D eigenvalue weighted by molar-refractivity contribution is 5.92. The number of rotatable bonds is 6. The molecule has 9 nitrogen and oxygen atoms in total. The molecular weight excluding hydrogens is 400 g/mol. The molecule has 0 bridgehead atoms. The maximum absolute atomic E-state index is 12.6. The van der Waals surface area contributed by atoms with Crippen LogP contribution in [-0.4, -0.2) is 80.4 Å². The number of hydrogen-bond donors (Lipinski definition) is 1. The van der Waals surface area contributed by atoms with Crippen molar-refractivity contribution in [3.8, 4) is 0 Å². The third-order valence-electron chi connectivity index (χ3n) is 5.71. The van der Waals surface area contributed by atoms with E-state index in [2.05, 4.69) is 10.2 Å². The fourth-order valence-corrected chi connectivity index (χ4v) is 3.87. The molecule has 2 saturated heterocycles. The maximum atomic E-state index is 12.6. The van der Waals surface area contributed by atoms with Crippen LogP contribution in [0.4, 0.5) is 16.2 Å². The van der Waals surface area contributed by atoms with Crippen LogP contribution in [0.15, 0.2) is 24.3 Å². The van der Waals surface area contributed by atoms with Crippen molar-refractivity contribution in [3.05, 3.63) is 24.3 Å². The first-order chi connectivity index (χ1) is 15.0. The van der Waals surface area contributed by atoms with E-state index < -0.39 is 0 Å². The molecule has 1 N–H and O–H groups in total. The van der Waals surface area contributed by atoms with Gasteiger partial charge >= 0.3 is 12.1 Å². The van der Waals surface area contributed by atoms with Crippen LogP contribution >= 0.6 is 0 Å². The summed E-state index contributed by atoms with van der Waals surface area (Å²) < 4.78 is 10.1. The van der Waals surface area contributed by atoms with Gasteiger partial charge in [-0.1, -0.05) is 0 Å². The first-order valence-electron chi connectivity index (χ1n) is 10.9. The van der Waals surface area contributed by atoms with Gasteiger partial charge in [0.05, 0.1) is 6.61 Å². The van der Waals surface area contributed by atoms with E-state index in [4.69, 9.17) is 9.47 Å². The second-order valence-corrected chi connectivity index (χ2v) is 7.87. The molecule has 0 aliphatic carbocycles. The quantitative estimate of drug-likeness (QED) is 0.689. The number of piperidine rings is 1. The van der Waals surface area contributed by atoms with Crippen molar-refractivity contribution in [2.45, 2.75) is 26.7 Å². The Balaban J connectivity index is 1.43. The summed E-state index contributed by atoms with van der Waals surface area (Å²) in [7, 11) is 0. The monoisotopic (exact) mass is 432 g/mol. The number of amides is 2.